The summed E-state index contributed by atoms with van der Waals surface area (Å²) in [6, 6.07) is 7.51. The average molecular weight is 472 g/mol. The van der Waals surface area contributed by atoms with Crippen molar-refractivity contribution >= 4 is 23.0 Å². The summed E-state index contributed by atoms with van der Waals surface area (Å²) in [6.07, 6.45) is 1.69. The Balaban J connectivity index is 1.78. The number of carbonyl (C=O) groups excluding carboxylic acids is 1. The Hall–Kier alpha value is -3.44. The van der Waals surface area contributed by atoms with Gasteiger partial charge in [-0.25, -0.2) is 4.79 Å². The number of rotatable bonds is 14. The second-order valence-electron chi connectivity index (χ2n) is 8.01. The molecule has 2 heterocycles. The standard InChI is InChI=1S/C23H32N6O5/c1-3-4-11-34-22-26-20(24)19-21(27-22)29(23(32)25-19)9-8-28(10-12-33-2)15-17-7-5-6-16(13-17)14-18(30)31/h5-7,13H,3-4,8-12,14-15H2,1-2H3,(H,25,32)(H,30,31)(H2,24,26,27)/p-1. The third-order valence-corrected chi connectivity index (χ3v) is 5.36. The van der Waals surface area contributed by atoms with Crippen molar-refractivity contribution in [3.63, 3.8) is 0 Å². The highest BCUT2D eigenvalue weighted by Crippen LogP contribution is 2.18. The van der Waals surface area contributed by atoms with Crippen LogP contribution < -0.4 is 21.3 Å². The van der Waals surface area contributed by atoms with Crippen LogP contribution in [0.2, 0.25) is 0 Å². The summed E-state index contributed by atoms with van der Waals surface area (Å²) in [6.45, 7) is 5.10. The lowest BCUT2D eigenvalue weighted by Gasteiger charge is -2.22. The zero-order valence-corrected chi connectivity index (χ0v) is 19.6. The van der Waals surface area contributed by atoms with E-state index >= 15 is 0 Å². The molecule has 0 bridgehead atoms. The number of nitrogens with two attached hydrogens (primary N) is 1. The molecule has 2 aromatic heterocycles. The van der Waals surface area contributed by atoms with Crippen LogP contribution in [0.1, 0.15) is 30.9 Å². The summed E-state index contributed by atoms with van der Waals surface area (Å²) in [4.78, 5) is 37.0. The Kier molecular flexibility index (Phi) is 9.00. The third kappa shape index (κ3) is 6.78. The maximum atomic E-state index is 12.6. The number of carbonyl (C=O) groups is 1. The van der Waals surface area contributed by atoms with Crippen molar-refractivity contribution < 1.29 is 19.4 Å². The molecule has 11 heteroatoms. The minimum Gasteiger partial charge on any atom is -0.550 e. The second-order valence-corrected chi connectivity index (χ2v) is 8.01. The topological polar surface area (TPSA) is 151 Å². The van der Waals surface area contributed by atoms with Gasteiger partial charge in [0.2, 0.25) is 0 Å². The predicted molar refractivity (Wildman–Crippen MR) is 125 cm³/mol. The number of methoxy groups -OCH3 is 1. The number of hydrogen-bond acceptors (Lipinski definition) is 9. The monoisotopic (exact) mass is 471 g/mol. The molecule has 0 unspecified atom stereocenters. The van der Waals surface area contributed by atoms with Crippen LogP contribution in [-0.2, 0) is 29.0 Å². The van der Waals surface area contributed by atoms with Crippen LogP contribution in [0.15, 0.2) is 29.1 Å². The number of imidazole rings is 1. The van der Waals surface area contributed by atoms with E-state index in [1.807, 2.05) is 18.2 Å². The van der Waals surface area contributed by atoms with E-state index in [2.05, 4.69) is 26.8 Å². The fraction of sp³-hybridized carbons (Fsp3) is 0.478. The number of anilines is 1. The lowest BCUT2D eigenvalue weighted by atomic mass is 10.1. The number of unbranched alkanes of at least 4 members (excludes halogenated alkanes) is 1. The van der Waals surface area contributed by atoms with Crippen molar-refractivity contribution in [3.05, 3.63) is 45.9 Å². The van der Waals surface area contributed by atoms with E-state index in [1.54, 1.807) is 13.2 Å². The van der Waals surface area contributed by atoms with Gasteiger partial charge in [0.25, 0.3) is 0 Å². The molecule has 0 atom stereocenters. The number of nitrogens with zero attached hydrogens (tertiary/aromatic N) is 4. The van der Waals surface area contributed by atoms with Gasteiger partial charge in [-0.1, -0.05) is 37.6 Å². The molecule has 0 aliphatic rings. The molecule has 0 spiro atoms. The highest BCUT2D eigenvalue weighted by atomic mass is 16.5. The lowest BCUT2D eigenvalue weighted by molar-refractivity contribution is -0.304. The van der Waals surface area contributed by atoms with Gasteiger partial charge in [-0.2, -0.15) is 9.97 Å². The van der Waals surface area contributed by atoms with Gasteiger partial charge in [0.15, 0.2) is 11.5 Å². The quantitative estimate of drug-likeness (QED) is 0.317. The molecule has 3 aromatic rings. The normalized spacial score (nSPS) is 11.4. The molecule has 3 N–H and O–H groups in total. The molecular formula is C23H31N6O5-. The summed E-state index contributed by atoms with van der Waals surface area (Å²) in [5.41, 5.74) is 8.11. The Morgan fingerprint density at radius 3 is 2.76 bits per heavy atom. The number of ether oxygens (including phenoxy) is 2. The molecule has 0 radical (unpaired) electrons. The SMILES string of the molecule is CCCCOc1nc(N)c2[nH]c(=O)n(CCN(CCOC)Cc3cccc(CC(=O)[O-])c3)c2n1. The molecule has 1 aromatic carbocycles. The first-order chi connectivity index (χ1) is 16.4. The highest BCUT2D eigenvalue weighted by Gasteiger charge is 2.16. The molecule has 34 heavy (non-hydrogen) atoms. The molecule has 0 aliphatic carbocycles. The van der Waals surface area contributed by atoms with Gasteiger partial charge < -0.3 is 30.1 Å². The van der Waals surface area contributed by atoms with Gasteiger partial charge in [-0.3, -0.25) is 9.47 Å². The van der Waals surface area contributed by atoms with Crippen molar-refractivity contribution in [2.75, 3.05) is 39.1 Å². The highest BCUT2D eigenvalue weighted by molar-refractivity contribution is 5.81. The fourth-order valence-corrected chi connectivity index (χ4v) is 3.61. The van der Waals surface area contributed by atoms with E-state index in [4.69, 9.17) is 15.2 Å². The zero-order valence-electron chi connectivity index (χ0n) is 19.6. The van der Waals surface area contributed by atoms with Crippen molar-refractivity contribution in [1.82, 2.24) is 24.4 Å². The second kappa shape index (κ2) is 12.1. The maximum Gasteiger partial charge on any atom is 0.327 e. The molecule has 3 rings (SSSR count). The first-order valence-corrected chi connectivity index (χ1v) is 11.3. The zero-order chi connectivity index (χ0) is 24.5. The number of carboxylic acids is 1. The van der Waals surface area contributed by atoms with E-state index in [-0.39, 0.29) is 23.9 Å². The minimum atomic E-state index is -1.12. The number of aliphatic carboxylic acids is 1. The van der Waals surface area contributed by atoms with Crippen molar-refractivity contribution in [2.45, 2.75) is 39.3 Å². The number of H-pyrrole nitrogens is 1. The van der Waals surface area contributed by atoms with Gasteiger partial charge in [0.1, 0.15) is 5.52 Å². The molecule has 0 saturated carbocycles. The molecular weight excluding hydrogens is 440 g/mol. The van der Waals surface area contributed by atoms with Gasteiger partial charge in [-0.05, 0) is 17.5 Å². The van der Waals surface area contributed by atoms with Crippen LogP contribution in [0.25, 0.3) is 11.2 Å². The molecule has 0 amide bonds. The first-order valence-electron chi connectivity index (χ1n) is 11.3. The Bertz CT molecular complexity index is 1160. The van der Waals surface area contributed by atoms with Crippen molar-refractivity contribution in [3.8, 4) is 6.01 Å². The van der Waals surface area contributed by atoms with Gasteiger partial charge in [0.05, 0.1) is 13.2 Å². The Morgan fingerprint density at radius 2 is 2.03 bits per heavy atom. The smallest absolute Gasteiger partial charge is 0.327 e. The van der Waals surface area contributed by atoms with Crippen LogP contribution in [0.4, 0.5) is 5.82 Å². The number of hydrogen-bond donors (Lipinski definition) is 2. The van der Waals surface area contributed by atoms with Crippen LogP contribution in [0, 0.1) is 0 Å². The van der Waals surface area contributed by atoms with Crippen LogP contribution in [-0.4, -0.2) is 63.8 Å². The summed E-state index contributed by atoms with van der Waals surface area (Å²) in [7, 11) is 1.63. The summed E-state index contributed by atoms with van der Waals surface area (Å²) in [5.74, 6) is -0.959. The largest absolute Gasteiger partial charge is 0.550 e. The average Bonchev–Trinajstić information content (AvgIpc) is 3.11. The van der Waals surface area contributed by atoms with E-state index in [0.717, 1.165) is 18.4 Å². The third-order valence-electron chi connectivity index (χ3n) is 5.36. The predicted octanol–water partition coefficient (Wildman–Crippen LogP) is 0.322. The summed E-state index contributed by atoms with van der Waals surface area (Å²) >= 11 is 0. The van der Waals surface area contributed by atoms with Crippen molar-refractivity contribution in [1.29, 1.82) is 0 Å². The summed E-state index contributed by atoms with van der Waals surface area (Å²) < 4.78 is 12.4. The molecule has 0 fully saturated rings. The number of fused-ring (bicyclic) bond motifs is 1. The van der Waals surface area contributed by atoms with Crippen LogP contribution >= 0.6 is 0 Å². The number of aromatic amines is 1. The number of nitrogen functional groups attached to an aromatic ring is 1. The summed E-state index contributed by atoms with van der Waals surface area (Å²) in [5, 5.41) is 10.9. The first kappa shape index (κ1) is 25.2. The molecule has 0 aliphatic heterocycles. The van der Waals surface area contributed by atoms with Crippen LogP contribution in [0.3, 0.4) is 0 Å². The minimum absolute atomic E-state index is 0.138. The fourth-order valence-electron chi connectivity index (χ4n) is 3.61. The van der Waals surface area contributed by atoms with E-state index in [9.17, 15) is 14.7 Å². The number of nitrogens with one attached hydrogen (secondary N) is 1. The molecule has 11 nitrogen and oxygen atoms in total. The molecule has 184 valence electrons. The number of aromatic nitrogens is 4. The van der Waals surface area contributed by atoms with E-state index in [1.165, 1.54) is 4.57 Å². The maximum absolute atomic E-state index is 12.6. The van der Waals surface area contributed by atoms with Crippen molar-refractivity contribution in [2.24, 2.45) is 0 Å². The number of carboxylic acid groups (broad SMARTS) is 1. The van der Waals surface area contributed by atoms with E-state index < -0.39 is 5.97 Å². The molecule has 0 saturated heterocycles. The van der Waals surface area contributed by atoms with Gasteiger partial charge >= 0.3 is 11.7 Å². The van der Waals surface area contributed by atoms with Gasteiger partial charge in [-0.15, -0.1) is 0 Å². The Labute approximate surface area is 197 Å². The number of benzene rings is 1. The van der Waals surface area contributed by atoms with E-state index in [0.29, 0.717) is 56.1 Å². The van der Waals surface area contributed by atoms with Gasteiger partial charge in [0, 0.05) is 45.7 Å². The Morgan fingerprint density at radius 1 is 1.24 bits per heavy atom. The lowest BCUT2D eigenvalue weighted by Crippen LogP contribution is -2.32. The van der Waals surface area contributed by atoms with Crippen LogP contribution in [0.5, 0.6) is 6.01 Å².